The number of aliphatic hydroxyl groups excluding tert-OH is 1. The van der Waals surface area contributed by atoms with E-state index < -0.39 is 6.10 Å². The second kappa shape index (κ2) is 5.31. The van der Waals surface area contributed by atoms with Crippen LogP contribution < -0.4 is 0 Å². The first kappa shape index (κ1) is 13.1. The van der Waals surface area contributed by atoms with E-state index in [9.17, 15) is 5.11 Å². The Hall–Kier alpha value is -1.60. The number of hydrogen-bond acceptors (Lipinski definition) is 1. The van der Waals surface area contributed by atoms with E-state index in [0.717, 1.165) is 23.5 Å². The lowest BCUT2D eigenvalue weighted by atomic mass is 9.79. The van der Waals surface area contributed by atoms with Crippen molar-refractivity contribution < 1.29 is 5.11 Å². The molecular weight excluding hydrogens is 256 g/mol. The molecule has 0 bridgehead atoms. The molecule has 2 aliphatic rings. The average Bonchev–Trinajstić information content (AvgIpc) is 2.92. The Morgan fingerprint density at radius 3 is 2.48 bits per heavy atom. The molecule has 108 valence electrons. The number of hydrogen-bond donors (Lipinski definition) is 1. The summed E-state index contributed by atoms with van der Waals surface area (Å²) in [4.78, 5) is 0. The zero-order chi connectivity index (χ0) is 14.2. The van der Waals surface area contributed by atoms with Gasteiger partial charge < -0.3 is 5.11 Å². The van der Waals surface area contributed by atoms with Crippen LogP contribution in [0.5, 0.6) is 0 Å². The summed E-state index contributed by atoms with van der Waals surface area (Å²) >= 11 is 0. The van der Waals surface area contributed by atoms with E-state index in [1.54, 1.807) is 0 Å². The summed E-state index contributed by atoms with van der Waals surface area (Å²) in [5, 5.41) is 10.7. The number of rotatable bonds is 3. The van der Waals surface area contributed by atoms with Gasteiger partial charge in [0.05, 0.1) is 0 Å². The molecule has 0 aromatic heterocycles. The topological polar surface area (TPSA) is 20.2 Å². The summed E-state index contributed by atoms with van der Waals surface area (Å²) in [7, 11) is 0. The zero-order valence-electron chi connectivity index (χ0n) is 12.4. The van der Waals surface area contributed by atoms with Crippen LogP contribution in [0.4, 0.5) is 0 Å². The first-order valence-electron chi connectivity index (χ1n) is 8.21. The number of aryl methyl sites for hydroxylation is 2. The van der Waals surface area contributed by atoms with Gasteiger partial charge in [0.1, 0.15) is 6.10 Å². The van der Waals surface area contributed by atoms with E-state index in [2.05, 4.69) is 42.5 Å². The van der Waals surface area contributed by atoms with E-state index in [1.165, 1.54) is 48.8 Å². The maximum atomic E-state index is 10.7. The van der Waals surface area contributed by atoms with Crippen LogP contribution in [-0.4, -0.2) is 5.11 Å². The third-order valence-electron chi connectivity index (χ3n) is 5.24. The van der Waals surface area contributed by atoms with Gasteiger partial charge in [-0.05, 0) is 65.8 Å². The smallest absolute Gasteiger partial charge is 0.104 e. The van der Waals surface area contributed by atoms with Crippen LogP contribution in [0.2, 0.25) is 0 Å². The lowest BCUT2D eigenvalue weighted by Crippen LogP contribution is -2.09. The molecule has 1 fully saturated rings. The van der Waals surface area contributed by atoms with Crippen molar-refractivity contribution in [2.24, 2.45) is 0 Å². The van der Waals surface area contributed by atoms with Crippen LogP contribution in [0, 0.1) is 0 Å². The van der Waals surface area contributed by atoms with Gasteiger partial charge in [0.25, 0.3) is 0 Å². The summed E-state index contributed by atoms with van der Waals surface area (Å²) in [5.74, 6) is 0.720. The Morgan fingerprint density at radius 2 is 1.67 bits per heavy atom. The predicted octanol–water partition coefficient (Wildman–Crippen LogP) is 4.52. The van der Waals surface area contributed by atoms with Crippen LogP contribution in [0.1, 0.15) is 65.5 Å². The van der Waals surface area contributed by atoms with Gasteiger partial charge in [0.15, 0.2) is 0 Å². The Balaban J connectivity index is 1.63. The molecule has 0 spiro atoms. The maximum Gasteiger partial charge on any atom is 0.104 e. The van der Waals surface area contributed by atoms with Gasteiger partial charge in [0.2, 0.25) is 0 Å². The Morgan fingerprint density at radius 1 is 0.857 bits per heavy atom. The third-order valence-corrected chi connectivity index (χ3v) is 5.24. The van der Waals surface area contributed by atoms with Crippen molar-refractivity contribution in [1.29, 1.82) is 0 Å². The van der Waals surface area contributed by atoms with Gasteiger partial charge in [-0.2, -0.15) is 0 Å². The molecular formula is C20H22O. The van der Waals surface area contributed by atoms with Crippen molar-refractivity contribution in [2.45, 2.75) is 50.5 Å². The normalized spacial score (nSPS) is 19.1. The van der Waals surface area contributed by atoms with Gasteiger partial charge in [-0.3, -0.25) is 0 Å². The fourth-order valence-corrected chi connectivity index (χ4v) is 3.68. The predicted molar refractivity (Wildman–Crippen MR) is 85.6 cm³/mol. The van der Waals surface area contributed by atoms with Crippen molar-refractivity contribution in [1.82, 2.24) is 0 Å². The highest BCUT2D eigenvalue weighted by molar-refractivity contribution is 5.40. The van der Waals surface area contributed by atoms with Crippen molar-refractivity contribution >= 4 is 0 Å². The minimum atomic E-state index is -0.490. The molecule has 4 rings (SSSR count). The molecule has 2 aromatic rings. The van der Waals surface area contributed by atoms with E-state index in [1.807, 2.05) is 0 Å². The molecule has 0 saturated heterocycles. The molecule has 2 aliphatic carbocycles. The van der Waals surface area contributed by atoms with Crippen molar-refractivity contribution in [3.05, 3.63) is 70.3 Å². The summed E-state index contributed by atoms with van der Waals surface area (Å²) < 4.78 is 0. The van der Waals surface area contributed by atoms with Crippen molar-refractivity contribution in [3.63, 3.8) is 0 Å². The molecule has 2 aromatic carbocycles. The Bertz CT molecular complexity index is 655. The zero-order valence-corrected chi connectivity index (χ0v) is 12.4. The van der Waals surface area contributed by atoms with Crippen LogP contribution in [0.15, 0.2) is 42.5 Å². The number of benzene rings is 2. The third kappa shape index (κ3) is 2.40. The molecule has 0 amide bonds. The van der Waals surface area contributed by atoms with Crippen LogP contribution in [0.25, 0.3) is 0 Å². The monoisotopic (exact) mass is 278 g/mol. The number of aliphatic hydroxyl groups is 1. The molecule has 21 heavy (non-hydrogen) atoms. The van der Waals surface area contributed by atoms with E-state index in [0.29, 0.717) is 0 Å². The first-order valence-corrected chi connectivity index (χ1v) is 8.21. The summed E-state index contributed by atoms with van der Waals surface area (Å²) in [6.45, 7) is 0. The Labute approximate surface area is 126 Å². The lowest BCUT2D eigenvalue weighted by molar-refractivity contribution is 0.220. The van der Waals surface area contributed by atoms with Gasteiger partial charge >= 0.3 is 0 Å². The minimum absolute atomic E-state index is 0.490. The van der Waals surface area contributed by atoms with E-state index in [-0.39, 0.29) is 0 Å². The van der Waals surface area contributed by atoms with E-state index in [4.69, 9.17) is 0 Å². The first-order chi connectivity index (χ1) is 10.3. The minimum Gasteiger partial charge on any atom is -0.384 e. The molecule has 1 N–H and O–H groups in total. The maximum absolute atomic E-state index is 10.7. The summed E-state index contributed by atoms with van der Waals surface area (Å²) in [6, 6.07) is 15.1. The van der Waals surface area contributed by atoms with Gasteiger partial charge in [-0.15, -0.1) is 0 Å². The summed E-state index contributed by atoms with van der Waals surface area (Å²) in [6.07, 6.45) is 7.09. The van der Waals surface area contributed by atoms with Gasteiger partial charge in [-0.1, -0.05) is 48.9 Å². The van der Waals surface area contributed by atoms with Crippen LogP contribution >= 0.6 is 0 Å². The molecule has 1 atom stereocenters. The second-order valence-corrected chi connectivity index (χ2v) is 6.58. The standard InChI is InChI=1S/C20H22O/c21-20(19-11-10-15-6-2-7-17(15)13-19)18-9-3-8-16(12-18)14-4-1-5-14/h3,8-14,20-21H,1-2,4-7H2. The molecule has 1 saturated carbocycles. The SMILES string of the molecule is OC(c1cccc(C2CCC2)c1)c1ccc2c(c1)CCC2. The largest absolute Gasteiger partial charge is 0.384 e. The average molecular weight is 278 g/mol. The van der Waals surface area contributed by atoms with Crippen LogP contribution in [-0.2, 0) is 12.8 Å². The van der Waals surface area contributed by atoms with Crippen molar-refractivity contribution in [2.75, 3.05) is 0 Å². The van der Waals surface area contributed by atoms with Crippen LogP contribution in [0.3, 0.4) is 0 Å². The molecule has 1 heteroatoms. The molecule has 1 unspecified atom stereocenters. The number of fused-ring (bicyclic) bond motifs is 1. The fraction of sp³-hybridized carbons (Fsp3) is 0.400. The fourth-order valence-electron chi connectivity index (χ4n) is 3.68. The van der Waals surface area contributed by atoms with E-state index >= 15 is 0 Å². The quantitative estimate of drug-likeness (QED) is 0.875. The van der Waals surface area contributed by atoms with Gasteiger partial charge in [0, 0.05) is 0 Å². The van der Waals surface area contributed by atoms with Gasteiger partial charge in [-0.25, -0.2) is 0 Å². The lowest BCUT2D eigenvalue weighted by Gasteiger charge is -2.26. The molecule has 0 heterocycles. The highest BCUT2D eigenvalue weighted by Gasteiger charge is 2.21. The molecule has 0 aliphatic heterocycles. The highest BCUT2D eigenvalue weighted by Crippen LogP contribution is 2.37. The molecule has 1 nitrogen and oxygen atoms in total. The summed E-state index contributed by atoms with van der Waals surface area (Å²) in [5.41, 5.74) is 6.38. The van der Waals surface area contributed by atoms with Crippen molar-refractivity contribution in [3.8, 4) is 0 Å². The second-order valence-electron chi connectivity index (χ2n) is 6.58. The highest BCUT2D eigenvalue weighted by atomic mass is 16.3. The Kier molecular flexibility index (Phi) is 3.31. The molecule has 0 radical (unpaired) electrons.